The van der Waals surface area contributed by atoms with Crippen LogP contribution < -0.4 is 10.5 Å². The minimum absolute atomic E-state index is 0.429. The van der Waals surface area contributed by atoms with Crippen LogP contribution in [0.5, 0.6) is 5.75 Å². The van der Waals surface area contributed by atoms with Gasteiger partial charge in [-0.05, 0) is 42.7 Å². The highest BCUT2D eigenvalue weighted by atomic mass is 16.5. The number of aryl methyl sites for hydroxylation is 2. The molecule has 0 radical (unpaired) electrons. The maximum atomic E-state index is 5.72. The van der Waals surface area contributed by atoms with Gasteiger partial charge in [0.15, 0.2) is 11.6 Å². The molecule has 88 valence electrons. The van der Waals surface area contributed by atoms with E-state index in [-0.39, 0.29) is 0 Å². The number of hydrogen-bond donors (Lipinski definition) is 1. The van der Waals surface area contributed by atoms with E-state index in [9.17, 15) is 0 Å². The van der Waals surface area contributed by atoms with Crippen LogP contribution >= 0.6 is 0 Å². The van der Waals surface area contributed by atoms with Gasteiger partial charge in [0.1, 0.15) is 6.61 Å². The minimum atomic E-state index is 0.429. The molecule has 1 heterocycles. The Morgan fingerprint density at radius 1 is 1.12 bits per heavy atom. The lowest BCUT2D eigenvalue weighted by atomic mass is 10.0. The first kappa shape index (κ1) is 11.5. The number of ether oxygens (including phenoxy) is 1. The second kappa shape index (κ2) is 4.87. The highest BCUT2D eigenvalue weighted by molar-refractivity contribution is 5.45. The number of pyridine rings is 1. The van der Waals surface area contributed by atoms with E-state index < -0.39 is 0 Å². The van der Waals surface area contributed by atoms with Crippen LogP contribution in [0.15, 0.2) is 36.5 Å². The molecule has 0 saturated heterocycles. The van der Waals surface area contributed by atoms with Crippen molar-refractivity contribution in [2.75, 3.05) is 5.73 Å². The third kappa shape index (κ3) is 2.56. The Balaban J connectivity index is 2.16. The van der Waals surface area contributed by atoms with Crippen molar-refractivity contribution < 1.29 is 4.74 Å². The molecule has 0 aliphatic heterocycles. The molecular weight excluding hydrogens is 212 g/mol. The van der Waals surface area contributed by atoms with Gasteiger partial charge in [0.25, 0.3) is 0 Å². The Morgan fingerprint density at radius 3 is 2.47 bits per heavy atom. The Kier molecular flexibility index (Phi) is 3.28. The molecule has 2 aromatic rings. The van der Waals surface area contributed by atoms with Gasteiger partial charge in [0, 0.05) is 6.20 Å². The summed E-state index contributed by atoms with van der Waals surface area (Å²) in [5.41, 5.74) is 9.39. The maximum Gasteiger partial charge on any atom is 0.166 e. The van der Waals surface area contributed by atoms with E-state index in [1.54, 1.807) is 6.20 Å². The van der Waals surface area contributed by atoms with E-state index in [0.717, 1.165) is 0 Å². The molecule has 1 aromatic carbocycles. The molecule has 0 aliphatic rings. The largest absolute Gasteiger partial charge is 0.485 e. The summed E-state index contributed by atoms with van der Waals surface area (Å²) in [6, 6.07) is 9.86. The van der Waals surface area contributed by atoms with Crippen molar-refractivity contribution in [3.05, 3.63) is 53.2 Å². The smallest absolute Gasteiger partial charge is 0.166 e. The van der Waals surface area contributed by atoms with Crippen LogP contribution in [-0.2, 0) is 6.61 Å². The molecule has 0 atom stereocenters. The fourth-order valence-electron chi connectivity index (χ4n) is 1.75. The zero-order chi connectivity index (χ0) is 12.3. The number of nitrogens with zero attached hydrogens (tertiary/aromatic N) is 1. The Morgan fingerprint density at radius 2 is 1.82 bits per heavy atom. The maximum absolute atomic E-state index is 5.72. The summed E-state index contributed by atoms with van der Waals surface area (Å²) in [6.07, 6.45) is 1.65. The van der Waals surface area contributed by atoms with E-state index in [4.69, 9.17) is 10.5 Å². The predicted molar refractivity (Wildman–Crippen MR) is 68.9 cm³/mol. The van der Waals surface area contributed by atoms with Gasteiger partial charge in [-0.15, -0.1) is 0 Å². The number of rotatable bonds is 3. The van der Waals surface area contributed by atoms with Crippen LogP contribution in [0.4, 0.5) is 5.82 Å². The van der Waals surface area contributed by atoms with Crippen molar-refractivity contribution in [3.63, 3.8) is 0 Å². The first-order valence-electron chi connectivity index (χ1n) is 5.57. The molecular formula is C14H16N2O. The number of nitrogen functional groups attached to an aromatic ring is 1. The molecule has 3 heteroatoms. The van der Waals surface area contributed by atoms with Crippen LogP contribution in [0.1, 0.15) is 16.7 Å². The van der Waals surface area contributed by atoms with Crippen LogP contribution in [0.25, 0.3) is 0 Å². The Bertz CT molecular complexity index is 503. The van der Waals surface area contributed by atoms with E-state index in [2.05, 4.69) is 31.0 Å². The summed E-state index contributed by atoms with van der Waals surface area (Å²) >= 11 is 0. The van der Waals surface area contributed by atoms with Gasteiger partial charge in [0.2, 0.25) is 0 Å². The SMILES string of the molecule is Cc1cccc(C)c1COc1cccnc1N. The zero-order valence-corrected chi connectivity index (χ0v) is 10.1. The van der Waals surface area contributed by atoms with Crippen molar-refractivity contribution in [2.24, 2.45) is 0 Å². The van der Waals surface area contributed by atoms with Crippen molar-refractivity contribution in [1.82, 2.24) is 4.98 Å². The zero-order valence-electron chi connectivity index (χ0n) is 10.1. The highest BCUT2D eigenvalue weighted by Gasteiger charge is 2.05. The highest BCUT2D eigenvalue weighted by Crippen LogP contribution is 2.21. The van der Waals surface area contributed by atoms with Crippen LogP contribution in [0, 0.1) is 13.8 Å². The molecule has 0 aliphatic carbocycles. The number of benzene rings is 1. The third-order valence-electron chi connectivity index (χ3n) is 2.82. The lowest BCUT2D eigenvalue weighted by molar-refractivity contribution is 0.305. The molecule has 0 spiro atoms. The quantitative estimate of drug-likeness (QED) is 0.878. The van der Waals surface area contributed by atoms with Crippen molar-refractivity contribution in [3.8, 4) is 5.75 Å². The minimum Gasteiger partial charge on any atom is -0.485 e. The van der Waals surface area contributed by atoms with Gasteiger partial charge < -0.3 is 10.5 Å². The number of nitrogens with two attached hydrogens (primary N) is 1. The predicted octanol–water partition coefficient (Wildman–Crippen LogP) is 2.86. The summed E-state index contributed by atoms with van der Waals surface area (Å²) in [7, 11) is 0. The monoisotopic (exact) mass is 228 g/mol. The second-order valence-electron chi connectivity index (χ2n) is 4.05. The molecule has 0 saturated carbocycles. The van der Waals surface area contributed by atoms with Crippen molar-refractivity contribution in [1.29, 1.82) is 0 Å². The average molecular weight is 228 g/mol. The molecule has 0 fully saturated rings. The summed E-state index contributed by atoms with van der Waals surface area (Å²) in [6.45, 7) is 4.69. The van der Waals surface area contributed by atoms with Gasteiger partial charge in [-0.25, -0.2) is 4.98 Å². The normalized spacial score (nSPS) is 10.2. The first-order valence-corrected chi connectivity index (χ1v) is 5.57. The number of hydrogen-bond acceptors (Lipinski definition) is 3. The van der Waals surface area contributed by atoms with Crippen molar-refractivity contribution >= 4 is 5.82 Å². The number of aromatic nitrogens is 1. The van der Waals surface area contributed by atoms with Gasteiger partial charge in [-0.3, -0.25) is 0 Å². The third-order valence-corrected chi connectivity index (χ3v) is 2.82. The van der Waals surface area contributed by atoms with Gasteiger partial charge in [0.05, 0.1) is 0 Å². The molecule has 0 amide bonds. The fourth-order valence-corrected chi connectivity index (χ4v) is 1.75. The Hall–Kier alpha value is -2.03. The molecule has 2 rings (SSSR count). The lowest BCUT2D eigenvalue weighted by Crippen LogP contribution is -2.03. The topological polar surface area (TPSA) is 48.1 Å². The van der Waals surface area contributed by atoms with Gasteiger partial charge in [-0.2, -0.15) is 0 Å². The van der Waals surface area contributed by atoms with Crippen LogP contribution in [0.3, 0.4) is 0 Å². The first-order chi connectivity index (χ1) is 8.18. The lowest BCUT2D eigenvalue weighted by Gasteiger charge is -2.12. The van der Waals surface area contributed by atoms with Crippen LogP contribution in [0.2, 0.25) is 0 Å². The number of anilines is 1. The summed E-state index contributed by atoms with van der Waals surface area (Å²) in [5, 5.41) is 0. The summed E-state index contributed by atoms with van der Waals surface area (Å²) in [5.74, 6) is 1.06. The van der Waals surface area contributed by atoms with E-state index >= 15 is 0 Å². The van der Waals surface area contributed by atoms with Crippen LogP contribution in [-0.4, -0.2) is 4.98 Å². The standard InChI is InChI=1S/C14H16N2O/c1-10-5-3-6-11(2)12(10)9-17-13-7-4-8-16-14(13)15/h3-8H,9H2,1-2H3,(H2,15,16). The van der Waals surface area contributed by atoms with Gasteiger partial charge in [-0.1, -0.05) is 18.2 Å². The Labute approximate surface area is 101 Å². The van der Waals surface area contributed by atoms with E-state index in [1.807, 2.05) is 18.2 Å². The van der Waals surface area contributed by atoms with E-state index in [0.29, 0.717) is 18.2 Å². The fraction of sp³-hybridized carbons (Fsp3) is 0.214. The second-order valence-corrected chi connectivity index (χ2v) is 4.05. The molecule has 3 nitrogen and oxygen atoms in total. The van der Waals surface area contributed by atoms with Gasteiger partial charge >= 0.3 is 0 Å². The molecule has 2 N–H and O–H groups in total. The summed E-state index contributed by atoms with van der Waals surface area (Å²) in [4.78, 5) is 3.99. The molecule has 17 heavy (non-hydrogen) atoms. The molecule has 0 unspecified atom stereocenters. The summed E-state index contributed by atoms with van der Waals surface area (Å²) < 4.78 is 5.70. The molecule has 0 bridgehead atoms. The van der Waals surface area contributed by atoms with Crippen molar-refractivity contribution in [2.45, 2.75) is 20.5 Å². The molecule has 1 aromatic heterocycles. The average Bonchev–Trinajstić information content (AvgIpc) is 2.30. The van der Waals surface area contributed by atoms with E-state index in [1.165, 1.54) is 16.7 Å².